The van der Waals surface area contributed by atoms with Crippen LogP contribution in [0.2, 0.25) is 0 Å². The second-order valence-corrected chi connectivity index (χ2v) is 7.06. The van der Waals surface area contributed by atoms with Crippen molar-refractivity contribution >= 4 is 5.97 Å². The lowest BCUT2D eigenvalue weighted by Crippen LogP contribution is -2.38. The Bertz CT molecular complexity index is 965. The number of hydrogen-bond donors (Lipinski definition) is 1. The van der Waals surface area contributed by atoms with Gasteiger partial charge in [-0.15, -0.1) is 0 Å². The quantitative estimate of drug-likeness (QED) is 0.666. The van der Waals surface area contributed by atoms with Gasteiger partial charge in [-0.3, -0.25) is 14.6 Å². The van der Waals surface area contributed by atoms with E-state index in [4.69, 9.17) is 4.74 Å². The number of aromatic carboxylic acids is 1. The fourth-order valence-electron chi connectivity index (χ4n) is 3.67. The van der Waals surface area contributed by atoms with Crippen LogP contribution in [0, 0.1) is 0 Å². The fraction of sp³-hybridized carbons (Fsp3) is 0.318. The summed E-state index contributed by atoms with van der Waals surface area (Å²) in [7, 11) is 0. The second kappa shape index (κ2) is 8.98. The van der Waals surface area contributed by atoms with Gasteiger partial charge in [-0.25, -0.2) is 4.79 Å². The molecule has 2 aromatic heterocycles. The standard InChI is InChI=1S/C22H24N4O3/c27-22(28)19-6-7-23-15-18(19)14-21-20(17-4-2-1-3-5-17)16-24-26(21)9-8-25-10-12-29-13-11-25/h1-7,15-16H,8-14H2,(H,27,28). The van der Waals surface area contributed by atoms with Gasteiger partial charge in [-0.05, 0) is 17.2 Å². The largest absolute Gasteiger partial charge is 0.478 e. The molecule has 1 fully saturated rings. The number of carbonyl (C=O) groups is 1. The van der Waals surface area contributed by atoms with Crippen LogP contribution < -0.4 is 0 Å². The summed E-state index contributed by atoms with van der Waals surface area (Å²) >= 11 is 0. The highest BCUT2D eigenvalue weighted by molar-refractivity contribution is 5.89. The second-order valence-electron chi connectivity index (χ2n) is 7.06. The van der Waals surface area contributed by atoms with E-state index in [0.717, 1.165) is 56.2 Å². The summed E-state index contributed by atoms with van der Waals surface area (Å²) in [5.41, 5.74) is 4.05. The summed E-state index contributed by atoms with van der Waals surface area (Å²) in [5, 5.41) is 14.2. The summed E-state index contributed by atoms with van der Waals surface area (Å²) in [6, 6.07) is 11.6. The number of pyridine rings is 1. The predicted molar refractivity (Wildman–Crippen MR) is 109 cm³/mol. The molecule has 3 aromatic rings. The highest BCUT2D eigenvalue weighted by Crippen LogP contribution is 2.26. The number of carboxylic acids is 1. The molecule has 7 heteroatoms. The molecule has 1 saturated heterocycles. The Kier molecular flexibility index (Phi) is 5.97. The first-order valence-electron chi connectivity index (χ1n) is 9.79. The molecule has 1 aromatic carbocycles. The normalized spacial score (nSPS) is 14.8. The van der Waals surface area contributed by atoms with Gasteiger partial charge in [0, 0.05) is 44.0 Å². The predicted octanol–water partition coefficient (Wildman–Crippen LogP) is 2.57. The first kappa shape index (κ1) is 19.3. The van der Waals surface area contributed by atoms with Gasteiger partial charge in [0.05, 0.1) is 37.2 Å². The molecule has 7 nitrogen and oxygen atoms in total. The molecule has 0 spiro atoms. The number of nitrogens with zero attached hydrogens (tertiary/aromatic N) is 4. The number of morpholine rings is 1. The van der Waals surface area contributed by atoms with Gasteiger partial charge in [0.25, 0.3) is 0 Å². The minimum Gasteiger partial charge on any atom is -0.478 e. The molecule has 3 heterocycles. The molecular weight excluding hydrogens is 368 g/mol. The van der Waals surface area contributed by atoms with Crippen molar-refractivity contribution in [3.63, 3.8) is 0 Å². The Balaban J connectivity index is 1.65. The van der Waals surface area contributed by atoms with Crippen molar-refractivity contribution in [3.05, 3.63) is 71.8 Å². The highest BCUT2D eigenvalue weighted by atomic mass is 16.5. The molecule has 4 rings (SSSR count). The molecule has 0 radical (unpaired) electrons. The van der Waals surface area contributed by atoms with E-state index in [2.05, 4.69) is 15.0 Å². The van der Waals surface area contributed by atoms with Gasteiger partial charge in [-0.1, -0.05) is 30.3 Å². The topological polar surface area (TPSA) is 80.5 Å². The van der Waals surface area contributed by atoms with Crippen molar-refractivity contribution in [3.8, 4) is 11.1 Å². The molecule has 0 unspecified atom stereocenters. The van der Waals surface area contributed by atoms with E-state index < -0.39 is 5.97 Å². The summed E-state index contributed by atoms with van der Waals surface area (Å²) < 4.78 is 7.42. The van der Waals surface area contributed by atoms with Gasteiger partial charge in [-0.2, -0.15) is 5.10 Å². The van der Waals surface area contributed by atoms with Crippen molar-refractivity contribution in [1.82, 2.24) is 19.7 Å². The molecule has 0 aliphatic carbocycles. The lowest BCUT2D eigenvalue weighted by molar-refractivity contribution is 0.0359. The highest BCUT2D eigenvalue weighted by Gasteiger charge is 2.18. The van der Waals surface area contributed by atoms with Crippen molar-refractivity contribution < 1.29 is 14.6 Å². The van der Waals surface area contributed by atoms with Crippen molar-refractivity contribution in [2.75, 3.05) is 32.8 Å². The third kappa shape index (κ3) is 4.52. The number of benzene rings is 1. The number of carboxylic acid groups (broad SMARTS) is 1. The van der Waals surface area contributed by atoms with Gasteiger partial charge in [0.1, 0.15) is 0 Å². The first-order chi connectivity index (χ1) is 14.2. The van der Waals surface area contributed by atoms with Crippen LogP contribution in [0.1, 0.15) is 21.6 Å². The zero-order valence-electron chi connectivity index (χ0n) is 16.2. The number of rotatable bonds is 7. The summed E-state index contributed by atoms with van der Waals surface area (Å²) in [6.45, 7) is 5.00. The Morgan fingerprint density at radius 1 is 1.07 bits per heavy atom. The lowest BCUT2D eigenvalue weighted by atomic mass is 9.99. The Morgan fingerprint density at radius 2 is 1.86 bits per heavy atom. The van der Waals surface area contributed by atoms with Crippen molar-refractivity contribution in [2.24, 2.45) is 0 Å². The lowest BCUT2D eigenvalue weighted by Gasteiger charge is -2.26. The van der Waals surface area contributed by atoms with E-state index in [1.54, 1.807) is 12.3 Å². The van der Waals surface area contributed by atoms with Crippen molar-refractivity contribution in [1.29, 1.82) is 0 Å². The van der Waals surface area contributed by atoms with Gasteiger partial charge in [0.15, 0.2) is 0 Å². The molecule has 0 amide bonds. The van der Waals surface area contributed by atoms with Gasteiger partial charge < -0.3 is 9.84 Å². The fourth-order valence-corrected chi connectivity index (χ4v) is 3.67. The van der Waals surface area contributed by atoms with Crippen LogP contribution in [-0.2, 0) is 17.7 Å². The average Bonchev–Trinajstić information content (AvgIpc) is 3.16. The summed E-state index contributed by atoms with van der Waals surface area (Å²) in [4.78, 5) is 18.2. The van der Waals surface area contributed by atoms with E-state index in [9.17, 15) is 9.90 Å². The minimum absolute atomic E-state index is 0.278. The molecule has 0 atom stereocenters. The summed E-state index contributed by atoms with van der Waals surface area (Å²) in [5.74, 6) is -0.942. The zero-order chi connectivity index (χ0) is 20.1. The van der Waals surface area contributed by atoms with Crippen LogP contribution >= 0.6 is 0 Å². The van der Waals surface area contributed by atoms with Crippen LogP contribution in [-0.4, -0.2) is 63.6 Å². The third-order valence-electron chi connectivity index (χ3n) is 5.26. The maximum atomic E-state index is 11.7. The maximum Gasteiger partial charge on any atom is 0.336 e. The number of ether oxygens (including phenoxy) is 1. The first-order valence-corrected chi connectivity index (χ1v) is 9.79. The van der Waals surface area contributed by atoms with Crippen molar-refractivity contribution in [2.45, 2.75) is 13.0 Å². The molecule has 29 heavy (non-hydrogen) atoms. The van der Waals surface area contributed by atoms with Gasteiger partial charge in [0.2, 0.25) is 0 Å². The number of aromatic nitrogens is 3. The average molecular weight is 392 g/mol. The molecular formula is C22H24N4O3. The Hall–Kier alpha value is -3.03. The van der Waals surface area contributed by atoms with E-state index in [-0.39, 0.29) is 5.56 Å². The van der Waals surface area contributed by atoms with Crippen LogP contribution in [0.4, 0.5) is 0 Å². The maximum absolute atomic E-state index is 11.7. The van der Waals surface area contributed by atoms with E-state index in [0.29, 0.717) is 12.0 Å². The Labute approximate surface area is 169 Å². The van der Waals surface area contributed by atoms with Crippen LogP contribution in [0.3, 0.4) is 0 Å². The zero-order valence-corrected chi connectivity index (χ0v) is 16.2. The monoisotopic (exact) mass is 392 g/mol. The van der Waals surface area contributed by atoms with Crippen LogP contribution in [0.5, 0.6) is 0 Å². The van der Waals surface area contributed by atoms with Crippen LogP contribution in [0.25, 0.3) is 11.1 Å². The Morgan fingerprint density at radius 3 is 2.62 bits per heavy atom. The number of hydrogen-bond acceptors (Lipinski definition) is 5. The summed E-state index contributed by atoms with van der Waals surface area (Å²) in [6.07, 6.45) is 5.49. The van der Waals surface area contributed by atoms with E-state index >= 15 is 0 Å². The smallest absolute Gasteiger partial charge is 0.336 e. The van der Waals surface area contributed by atoms with E-state index in [1.807, 2.05) is 41.2 Å². The SMILES string of the molecule is O=C(O)c1ccncc1Cc1c(-c2ccccc2)cnn1CCN1CCOCC1. The van der Waals surface area contributed by atoms with E-state index in [1.165, 1.54) is 6.20 Å². The third-order valence-corrected chi connectivity index (χ3v) is 5.26. The molecule has 0 bridgehead atoms. The van der Waals surface area contributed by atoms with Gasteiger partial charge >= 0.3 is 5.97 Å². The molecule has 1 aliphatic heterocycles. The molecule has 1 aliphatic rings. The minimum atomic E-state index is -0.942. The molecule has 1 N–H and O–H groups in total. The molecule has 150 valence electrons. The molecule has 0 saturated carbocycles. The van der Waals surface area contributed by atoms with Crippen LogP contribution in [0.15, 0.2) is 55.0 Å².